The number of hydrogen-bond acceptors (Lipinski definition) is 6. The Bertz CT molecular complexity index is 826. The molecule has 0 saturated carbocycles. The Morgan fingerprint density at radius 3 is 1.17 bits per heavy atom. The summed E-state index contributed by atoms with van der Waals surface area (Å²) in [6, 6.07) is 13.7. The fraction of sp³-hybridized carbons (Fsp3) is 0.348. The largest absolute Gasteiger partial charge is 0.456 e. The van der Waals surface area contributed by atoms with E-state index in [1.165, 1.54) is 0 Å². The van der Waals surface area contributed by atoms with Gasteiger partial charge in [-0.3, -0.25) is 0 Å². The van der Waals surface area contributed by atoms with Crippen molar-refractivity contribution in [2.45, 2.75) is 52.7 Å². The highest BCUT2D eigenvalue weighted by atomic mass is 16.6. The third-order valence-electron chi connectivity index (χ3n) is 3.71. The van der Waals surface area contributed by atoms with Crippen LogP contribution in [0.5, 0.6) is 0 Å². The van der Waals surface area contributed by atoms with Crippen LogP contribution in [-0.4, -0.2) is 28.9 Å². The maximum absolute atomic E-state index is 12.2. The fourth-order valence-electron chi connectivity index (χ4n) is 2.52. The summed E-state index contributed by atoms with van der Waals surface area (Å²) in [7, 11) is 0. The van der Waals surface area contributed by atoms with Crippen molar-refractivity contribution in [1.82, 2.24) is 0 Å². The molecule has 0 aromatic heterocycles. The van der Waals surface area contributed by atoms with Gasteiger partial charge in [0.05, 0.1) is 16.8 Å². The summed E-state index contributed by atoms with van der Waals surface area (Å²) in [5.74, 6) is 4.82. The number of hydrogen-bond donors (Lipinski definition) is 1. The number of nitrogens with zero attached hydrogens (tertiary/aromatic N) is 1. The van der Waals surface area contributed by atoms with Crippen molar-refractivity contribution in [2.24, 2.45) is 10.9 Å². The smallest absolute Gasteiger partial charge is 0.338 e. The Balaban J connectivity index is 2.19. The molecule has 0 aliphatic carbocycles. The third kappa shape index (κ3) is 6.45. The lowest BCUT2D eigenvalue weighted by Gasteiger charge is -2.19. The Morgan fingerprint density at radius 2 is 0.931 bits per heavy atom. The van der Waals surface area contributed by atoms with Crippen LogP contribution in [0.4, 0.5) is 0 Å². The molecule has 0 unspecified atom stereocenters. The molecule has 0 radical (unpaired) electrons. The second-order valence-corrected chi connectivity index (χ2v) is 8.64. The zero-order valence-electron chi connectivity index (χ0n) is 17.8. The molecule has 0 aliphatic rings. The number of benzene rings is 2. The molecule has 0 bridgehead atoms. The van der Waals surface area contributed by atoms with Crippen molar-refractivity contribution in [3.8, 4) is 0 Å². The number of nitrogens with two attached hydrogens (primary N) is 1. The predicted octanol–water partition coefficient (Wildman–Crippen LogP) is 4.31. The van der Waals surface area contributed by atoms with Crippen LogP contribution in [0.15, 0.2) is 53.6 Å². The van der Waals surface area contributed by atoms with Gasteiger partial charge in [-0.2, -0.15) is 5.10 Å². The minimum atomic E-state index is -0.560. The number of rotatable bonds is 4. The summed E-state index contributed by atoms with van der Waals surface area (Å²) in [5.41, 5.74) is 1.79. The SMILES string of the molecule is CC(C)(C)OC(=O)c1ccc(C(=NN)c2ccc(C(=O)OC(C)(C)C)cc2)cc1. The first-order chi connectivity index (χ1) is 13.4. The second kappa shape index (κ2) is 8.47. The monoisotopic (exact) mass is 396 g/mol. The van der Waals surface area contributed by atoms with Crippen molar-refractivity contribution >= 4 is 17.7 Å². The summed E-state index contributed by atoms with van der Waals surface area (Å²) in [4.78, 5) is 24.3. The van der Waals surface area contributed by atoms with E-state index in [1.807, 2.05) is 41.5 Å². The van der Waals surface area contributed by atoms with Crippen molar-refractivity contribution in [3.05, 3.63) is 70.8 Å². The first-order valence-electron chi connectivity index (χ1n) is 9.35. The Kier molecular flexibility index (Phi) is 6.47. The highest BCUT2D eigenvalue weighted by molar-refractivity contribution is 6.13. The molecule has 0 heterocycles. The van der Waals surface area contributed by atoms with Crippen molar-refractivity contribution in [1.29, 1.82) is 0 Å². The summed E-state index contributed by atoms with van der Waals surface area (Å²) in [5, 5.41) is 3.88. The Labute approximate surface area is 171 Å². The van der Waals surface area contributed by atoms with Gasteiger partial charge in [-0.15, -0.1) is 0 Å². The van der Waals surface area contributed by atoms with Crippen LogP contribution in [0.1, 0.15) is 73.4 Å². The van der Waals surface area contributed by atoms with Gasteiger partial charge in [-0.05, 0) is 65.8 Å². The van der Waals surface area contributed by atoms with Crippen LogP contribution >= 0.6 is 0 Å². The third-order valence-corrected chi connectivity index (χ3v) is 3.71. The van der Waals surface area contributed by atoms with E-state index in [4.69, 9.17) is 15.3 Å². The van der Waals surface area contributed by atoms with Gasteiger partial charge in [0.15, 0.2) is 0 Å². The molecule has 29 heavy (non-hydrogen) atoms. The normalized spacial score (nSPS) is 11.5. The number of esters is 2. The van der Waals surface area contributed by atoms with Crippen LogP contribution in [0.2, 0.25) is 0 Å². The van der Waals surface area contributed by atoms with Crippen molar-refractivity contribution < 1.29 is 19.1 Å². The molecule has 2 aromatic carbocycles. The van der Waals surface area contributed by atoms with E-state index in [1.54, 1.807) is 48.5 Å². The summed E-state index contributed by atoms with van der Waals surface area (Å²) in [6.45, 7) is 10.9. The zero-order chi connectivity index (χ0) is 21.8. The van der Waals surface area contributed by atoms with Gasteiger partial charge in [0.25, 0.3) is 0 Å². The summed E-state index contributed by atoms with van der Waals surface area (Å²) in [6.07, 6.45) is 0. The molecule has 6 heteroatoms. The molecule has 6 nitrogen and oxygen atoms in total. The van der Waals surface area contributed by atoms with Crippen LogP contribution in [-0.2, 0) is 9.47 Å². The second-order valence-electron chi connectivity index (χ2n) is 8.64. The highest BCUT2D eigenvalue weighted by Crippen LogP contribution is 2.17. The Hall–Kier alpha value is -3.15. The zero-order valence-corrected chi connectivity index (χ0v) is 17.8. The van der Waals surface area contributed by atoms with Gasteiger partial charge >= 0.3 is 11.9 Å². The molecular weight excluding hydrogens is 368 g/mol. The minimum Gasteiger partial charge on any atom is -0.456 e. The van der Waals surface area contributed by atoms with E-state index in [9.17, 15) is 9.59 Å². The van der Waals surface area contributed by atoms with E-state index >= 15 is 0 Å². The van der Waals surface area contributed by atoms with Gasteiger partial charge in [-0.1, -0.05) is 24.3 Å². The van der Waals surface area contributed by atoms with Crippen LogP contribution in [0.3, 0.4) is 0 Å². The summed E-state index contributed by atoms with van der Waals surface area (Å²) >= 11 is 0. The standard InChI is InChI=1S/C23H28N2O4/c1-22(2,3)28-20(26)17-11-7-15(8-12-17)19(25-24)16-9-13-18(14-10-16)21(27)29-23(4,5)6/h7-14H,24H2,1-6H3. The van der Waals surface area contributed by atoms with E-state index in [2.05, 4.69) is 5.10 Å². The number of carbonyl (C=O) groups is 2. The first kappa shape index (κ1) is 22.1. The molecular formula is C23H28N2O4. The van der Waals surface area contributed by atoms with Crippen molar-refractivity contribution in [3.63, 3.8) is 0 Å². The fourth-order valence-corrected chi connectivity index (χ4v) is 2.52. The molecule has 0 fully saturated rings. The van der Waals surface area contributed by atoms with Crippen LogP contribution in [0.25, 0.3) is 0 Å². The van der Waals surface area contributed by atoms with Crippen LogP contribution in [0, 0.1) is 0 Å². The number of hydrazone groups is 1. The average molecular weight is 396 g/mol. The lowest BCUT2D eigenvalue weighted by atomic mass is 10.00. The quantitative estimate of drug-likeness (QED) is 0.360. The molecule has 0 spiro atoms. The predicted molar refractivity (Wildman–Crippen MR) is 113 cm³/mol. The highest BCUT2D eigenvalue weighted by Gasteiger charge is 2.19. The molecule has 2 N–H and O–H groups in total. The van der Waals surface area contributed by atoms with E-state index in [0.717, 1.165) is 11.1 Å². The summed E-state index contributed by atoms with van der Waals surface area (Å²) < 4.78 is 10.7. The number of carbonyl (C=O) groups excluding carboxylic acids is 2. The first-order valence-corrected chi connectivity index (χ1v) is 9.35. The molecule has 154 valence electrons. The van der Waals surface area contributed by atoms with E-state index < -0.39 is 23.1 Å². The molecule has 0 aliphatic heterocycles. The lowest BCUT2D eigenvalue weighted by molar-refractivity contribution is 0.00570. The maximum Gasteiger partial charge on any atom is 0.338 e. The molecule has 2 aromatic rings. The molecule has 0 saturated heterocycles. The average Bonchev–Trinajstić information content (AvgIpc) is 2.60. The topological polar surface area (TPSA) is 91.0 Å². The minimum absolute atomic E-state index is 0.392. The lowest BCUT2D eigenvalue weighted by Crippen LogP contribution is -2.24. The van der Waals surface area contributed by atoms with Crippen molar-refractivity contribution in [2.75, 3.05) is 0 Å². The Morgan fingerprint density at radius 1 is 0.655 bits per heavy atom. The van der Waals surface area contributed by atoms with E-state index in [0.29, 0.717) is 16.8 Å². The van der Waals surface area contributed by atoms with E-state index in [-0.39, 0.29) is 0 Å². The van der Waals surface area contributed by atoms with Crippen LogP contribution < -0.4 is 5.84 Å². The van der Waals surface area contributed by atoms with Gasteiger partial charge in [0, 0.05) is 11.1 Å². The molecule has 0 atom stereocenters. The number of ether oxygens (including phenoxy) is 2. The van der Waals surface area contributed by atoms with Gasteiger partial charge < -0.3 is 15.3 Å². The maximum atomic E-state index is 12.2. The van der Waals surface area contributed by atoms with Gasteiger partial charge in [0.1, 0.15) is 11.2 Å². The molecule has 0 amide bonds. The molecule has 2 rings (SSSR count). The van der Waals surface area contributed by atoms with Gasteiger partial charge in [0.2, 0.25) is 0 Å². The van der Waals surface area contributed by atoms with Gasteiger partial charge in [-0.25, -0.2) is 9.59 Å².